The minimum absolute atomic E-state index is 0.0944. The number of carbonyl (C=O) groups is 2. The number of likely N-dealkylation sites (tertiary alicyclic amines) is 1. The van der Waals surface area contributed by atoms with E-state index in [0.29, 0.717) is 30.2 Å². The number of benzene rings is 2. The smallest absolute Gasteiger partial charge is 0.253 e. The quantitative estimate of drug-likeness (QED) is 0.619. The molecule has 1 aliphatic heterocycles. The number of halogens is 1. The average molecular weight is 450 g/mol. The van der Waals surface area contributed by atoms with Crippen LogP contribution in [0, 0.1) is 5.92 Å². The fourth-order valence-electron chi connectivity index (χ4n) is 4.07. The Hall–Kier alpha value is -3.38. The first-order valence-electron chi connectivity index (χ1n) is 10.4. The van der Waals surface area contributed by atoms with Crippen molar-refractivity contribution in [1.29, 1.82) is 0 Å². The maximum absolute atomic E-state index is 13.2. The van der Waals surface area contributed by atoms with Crippen LogP contribution in [-0.2, 0) is 11.3 Å². The molecule has 0 saturated carbocycles. The van der Waals surface area contributed by atoms with Crippen molar-refractivity contribution in [2.45, 2.75) is 12.5 Å². The van der Waals surface area contributed by atoms with Crippen molar-refractivity contribution in [1.82, 2.24) is 15.2 Å². The Bertz CT molecular complexity index is 1110. The van der Waals surface area contributed by atoms with Crippen LogP contribution in [0.4, 0.5) is 0 Å². The van der Waals surface area contributed by atoms with E-state index in [1.807, 2.05) is 36.4 Å². The second kappa shape index (κ2) is 9.83. The van der Waals surface area contributed by atoms with Gasteiger partial charge in [-0.05, 0) is 47.5 Å². The maximum Gasteiger partial charge on any atom is 0.253 e. The molecule has 1 N–H and O–H groups in total. The van der Waals surface area contributed by atoms with Crippen molar-refractivity contribution >= 4 is 23.4 Å². The molecule has 1 aliphatic rings. The SMILES string of the molecule is COc1cccc(C2CN(C(=O)c3cccc(Cl)c3)CC2C(=O)NCc2cccnc2)c1. The van der Waals surface area contributed by atoms with Gasteiger partial charge in [-0.25, -0.2) is 0 Å². The molecule has 2 amide bonds. The number of aromatic nitrogens is 1. The average Bonchev–Trinajstić information content (AvgIpc) is 3.28. The van der Waals surface area contributed by atoms with Gasteiger partial charge in [-0.15, -0.1) is 0 Å². The number of ether oxygens (including phenoxy) is 1. The van der Waals surface area contributed by atoms with E-state index in [2.05, 4.69) is 10.3 Å². The molecule has 0 spiro atoms. The van der Waals surface area contributed by atoms with Gasteiger partial charge in [-0.3, -0.25) is 14.6 Å². The van der Waals surface area contributed by atoms with Crippen LogP contribution >= 0.6 is 11.6 Å². The largest absolute Gasteiger partial charge is 0.497 e. The molecular formula is C25H24ClN3O3. The van der Waals surface area contributed by atoms with Gasteiger partial charge in [-0.1, -0.05) is 35.9 Å². The van der Waals surface area contributed by atoms with Gasteiger partial charge in [0, 0.05) is 48.5 Å². The highest BCUT2D eigenvalue weighted by molar-refractivity contribution is 6.30. The molecule has 2 unspecified atom stereocenters. The Morgan fingerprint density at radius 1 is 1.12 bits per heavy atom. The third kappa shape index (κ3) is 4.92. The Morgan fingerprint density at radius 3 is 2.72 bits per heavy atom. The lowest BCUT2D eigenvalue weighted by Gasteiger charge is -2.18. The molecule has 0 radical (unpaired) electrons. The molecule has 2 heterocycles. The van der Waals surface area contributed by atoms with Crippen molar-refractivity contribution in [3.8, 4) is 5.75 Å². The van der Waals surface area contributed by atoms with E-state index < -0.39 is 0 Å². The normalized spacial score (nSPS) is 17.8. The van der Waals surface area contributed by atoms with Crippen molar-refractivity contribution in [3.63, 3.8) is 0 Å². The first kappa shape index (κ1) is 21.8. The van der Waals surface area contributed by atoms with Crippen LogP contribution in [0.2, 0.25) is 5.02 Å². The number of hydrogen-bond acceptors (Lipinski definition) is 4. The van der Waals surface area contributed by atoms with Crippen molar-refractivity contribution < 1.29 is 14.3 Å². The summed E-state index contributed by atoms with van der Waals surface area (Å²) in [6.45, 7) is 1.14. The lowest BCUT2D eigenvalue weighted by molar-refractivity contribution is -0.125. The molecule has 2 aromatic carbocycles. The van der Waals surface area contributed by atoms with Gasteiger partial charge in [-0.2, -0.15) is 0 Å². The summed E-state index contributed by atoms with van der Waals surface area (Å²) in [6.07, 6.45) is 3.42. The van der Waals surface area contributed by atoms with Gasteiger partial charge in [0.05, 0.1) is 13.0 Å². The molecule has 7 heteroatoms. The Labute approximate surface area is 192 Å². The van der Waals surface area contributed by atoms with Crippen LogP contribution in [0.1, 0.15) is 27.4 Å². The molecule has 164 valence electrons. The molecule has 1 saturated heterocycles. The van der Waals surface area contributed by atoms with Gasteiger partial charge in [0.2, 0.25) is 5.91 Å². The monoisotopic (exact) mass is 449 g/mol. The van der Waals surface area contributed by atoms with E-state index in [4.69, 9.17) is 16.3 Å². The predicted molar refractivity (Wildman–Crippen MR) is 123 cm³/mol. The molecule has 1 fully saturated rings. The van der Waals surface area contributed by atoms with Crippen molar-refractivity contribution in [2.75, 3.05) is 20.2 Å². The van der Waals surface area contributed by atoms with Crippen LogP contribution in [-0.4, -0.2) is 41.9 Å². The number of nitrogens with zero attached hydrogens (tertiary/aromatic N) is 2. The first-order valence-corrected chi connectivity index (χ1v) is 10.8. The first-order chi connectivity index (χ1) is 15.5. The Kier molecular flexibility index (Phi) is 6.71. The van der Waals surface area contributed by atoms with Crippen molar-refractivity contribution in [2.24, 2.45) is 5.92 Å². The topological polar surface area (TPSA) is 71.5 Å². The van der Waals surface area contributed by atoms with Gasteiger partial charge >= 0.3 is 0 Å². The summed E-state index contributed by atoms with van der Waals surface area (Å²) in [5.74, 6) is -0.0493. The lowest BCUT2D eigenvalue weighted by atomic mass is 9.88. The van der Waals surface area contributed by atoms with Gasteiger partial charge < -0.3 is 15.0 Å². The number of amides is 2. The highest BCUT2D eigenvalue weighted by Gasteiger charge is 2.40. The molecule has 3 aromatic rings. The summed E-state index contributed by atoms with van der Waals surface area (Å²) in [5, 5.41) is 3.51. The minimum atomic E-state index is -0.387. The number of carbonyl (C=O) groups excluding carboxylic acids is 2. The third-order valence-electron chi connectivity index (χ3n) is 5.73. The molecule has 0 bridgehead atoms. The second-order valence-corrected chi connectivity index (χ2v) is 8.23. The summed E-state index contributed by atoms with van der Waals surface area (Å²) in [6, 6.07) is 18.3. The van der Waals surface area contributed by atoms with Crippen molar-refractivity contribution in [3.05, 3.63) is 94.8 Å². The highest BCUT2D eigenvalue weighted by Crippen LogP contribution is 2.35. The highest BCUT2D eigenvalue weighted by atomic mass is 35.5. The molecule has 6 nitrogen and oxygen atoms in total. The number of nitrogens with one attached hydrogen (secondary N) is 1. The third-order valence-corrected chi connectivity index (χ3v) is 5.96. The number of rotatable bonds is 6. The van der Waals surface area contributed by atoms with E-state index in [0.717, 1.165) is 16.9 Å². The fraction of sp³-hybridized carbons (Fsp3) is 0.240. The second-order valence-electron chi connectivity index (χ2n) is 7.79. The summed E-state index contributed by atoms with van der Waals surface area (Å²) in [5.41, 5.74) is 2.40. The van der Waals surface area contributed by atoms with Crippen LogP contribution in [0.5, 0.6) is 5.75 Å². The van der Waals surface area contributed by atoms with E-state index in [1.54, 1.807) is 48.7 Å². The molecule has 4 rings (SSSR count). The molecule has 2 atom stereocenters. The van der Waals surface area contributed by atoms with Crippen LogP contribution in [0.3, 0.4) is 0 Å². The van der Waals surface area contributed by atoms with E-state index in [1.165, 1.54) is 0 Å². The number of pyridine rings is 1. The summed E-state index contributed by atoms with van der Waals surface area (Å²) in [4.78, 5) is 32.2. The van der Waals surface area contributed by atoms with Crippen LogP contribution in [0.25, 0.3) is 0 Å². The van der Waals surface area contributed by atoms with Gasteiger partial charge in [0.1, 0.15) is 5.75 Å². The molecule has 1 aromatic heterocycles. The lowest BCUT2D eigenvalue weighted by Crippen LogP contribution is -2.35. The zero-order valence-corrected chi connectivity index (χ0v) is 18.5. The minimum Gasteiger partial charge on any atom is -0.497 e. The Balaban J connectivity index is 1.57. The zero-order valence-electron chi connectivity index (χ0n) is 17.7. The number of hydrogen-bond donors (Lipinski definition) is 1. The van der Waals surface area contributed by atoms with E-state index in [-0.39, 0.29) is 23.7 Å². The fourth-order valence-corrected chi connectivity index (χ4v) is 4.26. The summed E-state index contributed by atoms with van der Waals surface area (Å²) in [7, 11) is 1.61. The molecule has 0 aliphatic carbocycles. The standard InChI is InChI=1S/C25H24ClN3O3/c1-32-21-9-3-6-18(12-21)22-15-29(25(31)19-7-2-8-20(26)11-19)16-23(22)24(30)28-14-17-5-4-10-27-13-17/h2-13,22-23H,14-16H2,1H3,(H,28,30). The molecule has 32 heavy (non-hydrogen) atoms. The zero-order chi connectivity index (χ0) is 22.5. The van der Waals surface area contributed by atoms with Gasteiger partial charge in [0.15, 0.2) is 0 Å². The summed E-state index contributed by atoms with van der Waals surface area (Å²) < 4.78 is 5.37. The van der Waals surface area contributed by atoms with E-state index in [9.17, 15) is 9.59 Å². The maximum atomic E-state index is 13.2. The Morgan fingerprint density at radius 2 is 1.97 bits per heavy atom. The van der Waals surface area contributed by atoms with E-state index >= 15 is 0 Å². The predicted octanol–water partition coefficient (Wildman–Crippen LogP) is 3.92. The van der Waals surface area contributed by atoms with Crippen LogP contribution < -0.4 is 10.1 Å². The van der Waals surface area contributed by atoms with Gasteiger partial charge in [0.25, 0.3) is 5.91 Å². The number of methoxy groups -OCH3 is 1. The van der Waals surface area contributed by atoms with Crippen LogP contribution in [0.15, 0.2) is 73.1 Å². The molecular weight excluding hydrogens is 426 g/mol. The summed E-state index contributed by atoms with van der Waals surface area (Å²) >= 11 is 6.08.